The van der Waals surface area contributed by atoms with Crippen LogP contribution in [0.5, 0.6) is 0 Å². The number of hydrogen-bond acceptors (Lipinski definition) is 4. The van der Waals surface area contributed by atoms with Gasteiger partial charge in [0.15, 0.2) is 5.69 Å². The van der Waals surface area contributed by atoms with Crippen LogP contribution in [0.4, 0.5) is 0 Å². The molecule has 0 spiro atoms. The van der Waals surface area contributed by atoms with Crippen LogP contribution < -0.4 is 16.0 Å². The smallest absolute Gasteiger partial charge is 0.272 e. The number of likely N-dealkylation sites (N-methyl/N-ethyl adjacent to an activating group) is 1. The molecule has 1 atom stereocenters. The zero-order valence-corrected chi connectivity index (χ0v) is 17.4. The first kappa shape index (κ1) is 20.4. The van der Waals surface area contributed by atoms with E-state index in [0.29, 0.717) is 29.6 Å². The summed E-state index contributed by atoms with van der Waals surface area (Å²) in [6.07, 6.45) is 0. The number of nitrogens with one attached hydrogen (secondary N) is 3. The van der Waals surface area contributed by atoms with Gasteiger partial charge in [-0.25, -0.2) is 4.98 Å². The summed E-state index contributed by atoms with van der Waals surface area (Å²) in [5.74, 6) is 0.0622. The van der Waals surface area contributed by atoms with Crippen molar-refractivity contribution in [3.05, 3.63) is 40.7 Å². The topological polar surface area (TPSA) is 88.1 Å². The molecule has 1 aliphatic rings. The molecule has 7 nitrogen and oxygen atoms in total. The Labute approximate surface area is 169 Å². The van der Waals surface area contributed by atoms with E-state index in [4.69, 9.17) is 11.6 Å². The fraction of sp³-hybridized carbons (Fsp3) is 0.450. The third-order valence-electron chi connectivity index (χ3n) is 4.86. The van der Waals surface area contributed by atoms with Crippen LogP contribution in [0.1, 0.15) is 37.0 Å². The molecule has 150 valence electrons. The van der Waals surface area contributed by atoms with E-state index >= 15 is 0 Å². The summed E-state index contributed by atoms with van der Waals surface area (Å²) < 4.78 is 2.03. The number of carbonyl (C=O) groups excluding carboxylic acids is 2. The first-order valence-corrected chi connectivity index (χ1v) is 9.69. The van der Waals surface area contributed by atoms with E-state index in [1.165, 1.54) is 0 Å². The average Bonchev–Trinajstić information content (AvgIpc) is 3.04. The van der Waals surface area contributed by atoms with E-state index in [-0.39, 0.29) is 11.8 Å². The molecule has 0 fully saturated rings. The van der Waals surface area contributed by atoms with Crippen molar-refractivity contribution in [1.82, 2.24) is 25.5 Å². The first-order valence-electron chi connectivity index (χ1n) is 9.31. The number of carbonyl (C=O) groups is 2. The zero-order valence-electron chi connectivity index (χ0n) is 16.6. The van der Waals surface area contributed by atoms with Crippen LogP contribution >= 0.6 is 11.6 Å². The van der Waals surface area contributed by atoms with Gasteiger partial charge >= 0.3 is 0 Å². The van der Waals surface area contributed by atoms with Gasteiger partial charge in [0.1, 0.15) is 11.9 Å². The highest BCUT2D eigenvalue weighted by Crippen LogP contribution is 2.30. The van der Waals surface area contributed by atoms with Gasteiger partial charge in [0.25, 0.3) is 5.91 Å². The molecular weight excluding hydrogens is 378 g/mol. The Kier molecular flexibility index (Phi) is 5.76. The molecule has 2 heterocycles. The van der Waals surface area contributed by atoms with Gasteiger partial charge < -0.3 is 20.5 Å². The Balaban J connectivity index is 2.01. The number of benzene rings is 1. The highest BCUT2D eigenvalue weighted by atomic mass is 35.5. The van der Waals surface area contributed by atoms with E-state index < -0.39 is 11.5 Å². The standard InChI is InChI=1S/C20H26ClN5O2/c1-20(2,3)16(19(28)22-4)25-18(27)15-14-11-23-9-10-26(14)17(24-15)12-7-5-6-8-13(12)21/h5-8,16,23H,9-11H2,1-4H3,(H,22,28)(H,25,27)/t16-/m1/s1. The van der Waals surface area contributed by atoms with Crippen LogP contribution in [0.25, 0.3) is 11.4 Å². The zero-order chi connectivity index (χ0) is 20.5. The molecule has 0 aliphatic carbocycles. The maximum absolute atomic E-state index is 13.1. The molecule has 3 rings (SSSR count). The molecule has 1 aromatic heterocycles. The lowest BCUT2D eigenvalue weighted by molar-refractivity contribution is -0.124. The Morgan fingerprint density at radius 2 is 2.00 bits per heavy atom. The van der Waals surface area contributed by atoms with Crippen molar-refractivity contribution in [2.24, 2.45) is 5.41 Å². The lowest BCUT2D eigenvalue weighted by atomic mass is 9.86. The normalized spacial score (nSPS) is 14.9. The molecule has 2 amide bonds. The minimum absolute atomic E-state index is 0.238. The van der Waals surface area contributed by atoms with Crippen LogP contribution in [-0.2, 0) is 17.9 Å². The Bertz CT molecular complexity index is 900. The van der Waals surface area contributed by atoms with Crippen molar-refractivity contribution in [1.29, 1.82) is 0 Å². The molecule has 0 unspecified atom stereocenters. The first-order chi connectivity index (χ1) is 13.2. The summed E-state index contributed by atoms with van der Waals surface area (Å²) in [5.41, 5.74) is 1.45. The van der Waals surface area contributed by atoms with Crippen molar-refractivity contribution < 1.29 is 9.59 Å². The van der Waals surface area contributed by atoms with Crippen LogP contribution in [-0.4, -0.2) is 41.0 Å². The van der Waals surface area contributed by atoms with Gasteiger partial charge in [0.05, 0.1) is 10.7 Å². The molecule has 0 saturated heterocycles. The molecular formula is C20H26ClN5O2. The molecule has 0 radical (unpaired) electrons. The van der Waals surface area contributed by atoms with Crippen LogP contribution in [0.3, 0.4) is 0 Å². The van der Waals surface area contributed by atoms with Gasteiger partial charge in [-0.15, -0.1) is 0 Å². The molecule has 0 bridgehead atoms. The fourth-order valence-corrected chi connectivity index (χ4v) is 3.57. The largest absolute Gasteiger partial charge is 0.357 e. The van der Waals surface area contributed by atoms with Gasteiger partial charge in [-0.2, -0.15) is 0 Å². The summed E-state index contributed by atoms with van der Waals surface area (Å²) in [6.45, 7) is 7.73. The predicted molar refractivity (Wildman–Crippen MR) is 109 cm³/mol. The van der Waals surface area contributed by atoms with E-state index in [2.05, 4.69) is 20.9 Å². The lowest BCUT2D eigenvalue weighted by Crippen LogP contribution is -2.53. The van der Waals surface area contributed by atoms with E-state index in [1.54, 1.807) is 13.1 Å². The number of nitrogens with zero attached hydrogens (tertiary/aromatic N) is 2. The van der Waals surface area contributed by atoms with Gasteiger partial charge in [0, 0.05) is 32.2 Å². The molecule has 2 aromatic rings. The van der Waals surface area contributed by atoms with E-state index in [1.807, 2.05) is 43.5 Å². The summed E-state index contributed by atoms with van der Waals surface area (Å²) in [7, 11) is 1.56. The monoisotopic (exact) mass is 403 g/mol. The van der Waals surface area contributed by atoms with Crippen LogP contribution in [0, 0.1) is 5.41 Å². The Morgan fingerprint density at radius 3 is 2.64 bits per heavy atom. The van der Waals surface area contributed by atoms with Crippen molar-refractivity contribution in [3.63, 3.8) is 0 Å². The molecule has 1 aliphatic heterocycles. The van der Waals surface area contributed by atoms with Crippen LogP contribution in [0.15, 0.2) is 24.3 Å². The number of fused-ring (bicyclic) bond motifs is 1. The summed E-state index contributed by atoms with van der Waals surface area (Å²) in [4.78, 5) is 30.0. The second kappa shape index (κ2) is 7.93. The maximum Gasteiger partial charge on any atom is 0.272 e. The quantitative estimate of drug-likeness (QED) is 0.730. The van der Waals surface area contributed by atoms with Gasteiger partial charge in [-0.05, 0) is 17.5 Å². The van der Waals surface area contributed by atoms with E-state index in [0.717, 1.165) is 17.8 Å². The Morgan fingerprint density at radius 1 is 1.29 bits per heavy atom. The number of hydrogen-bond donors (Lipinski definition) is 3. The molecule has 8 heteroatoms. The highest BCUT2D eigenvalue weighted by molar-refractivity contribution is 6.33. The van der Waals surface area contributed by atoms with Crippen LogP contribution in [0.2, 0.25) is 5.02 Å². The summed E-state index contributed by atoms with van der Waals surface area (Å²) >= 11 is 6.37. The van der Waals surface area contributed by atoms with E-state index in [9.17, 15) is 9.59 Å². The number of amides is 2. The van der Waals surface area contributed by atoms with Gasteiger partial charge in [0.2, 0.25) is 5.91 Å². The minimum Gasteiger partial charge on any atom is -0.357 e. The Hall–Kier alpha value is -2.38. The third-order valence-corrected chi connectivity index (χ3v) is 5.19. The number of imidazole rings is 1. The van der Waals surface area contributed by atoms with Crippen molar-refractivity contribution in [3.8, 4) is 11.4 Å². The minimum atomic E-state index is -0.678. The number of aromatic nitrogens is 2. The average molecular weight is 404 g/mol. The summed E-state index contributed by atoms with van der Waals surface area (Å²) in [5, 5.41) is 9.35. The predicted octanol–water partition coefficient (Wildman–Crippen LogP) is 2.20. The third kappa shape index (κ3) is 3.91. The molecule has 1 aromatic carbocycles. The highest BCUT2D eigenvalue weighted by Gasteiger charge is 2.34. The maximum atomic E-state index is 13.1. The van der Waals surface area contributed by atoms with Gasteiger partial charge in [-0.1, -0.05) is 44.5 Å². The van der Waals surface area contributed by atoms with Crippen molar-refractivity contribution >= 4 is 23.4 Å². The molecule has 3 N–H and O–H groups in total. The molecule has 28 heavy (non-hydrogen) atoms. The SMILES string of the molecule is CNC(=O)[C@@H](NC(=O)c1nc(-c2ccccc2Cl)n2c1CNCC2)C(C)(C)C. The second-order valence-electron chi connectivity index (χ2n) is 7.93. The fourth-order valence-electron chi connectivity index (χ4n) is 3.35. The lowest BCUT2D eigenvalue weighted by Gasteiger charge is -2.29. The van der Waals surface area contributed by atoms with Crippen molar-refractivity contribution in [2.75, 3.05) is 13.6 Å². The number of halogens is 1. The van der Waals surface area contributed by atoms with Gasteiger partial charge in [-0.3, -0.25) is 9.59 Å². The number of rotatable bonds is 4. The summed E-state index contributed by atoms with van der Waals surface area (Å²) in [6, 6.07) is 6.77. The second-order valence-corrected chi connectivity index (χ2v) is 8.33. The molecule has 0 saturated carbocycles. The van der Waals surface area contributed by atoms with Crippen molar-refractivity contribution in [2.45, 2.75) is 39.9 Å².